The van der Waals surface area contributed by atoms with Crippen molar-refractivity contribution in [1.82, 2.24) is 15.0 Å². The average molecular weight is 1160 g/mol. The second kappa shape index (κ2) is 21.8. The van der Waals surface area contributed by atoms with E-state index >= 15 is 0 Å². The summed E-state index contributed by atoms with van der Waals surface area (Å²) in [6.45, 7) is 0.605. The SMILES string of the molecule is CCN(c1cccc(S(=O)(=O)CCOS(=O)(=O)[O-])c1)c1nc(Cl)nc(=Nc2ccc3c([O-])c(N=Nc4cc(OC)c(OC)cc4N=Nc4cc(S(=O)(=O)[O-])ccc4[O-])c(S(=O)(=O)[O-])cc3c2S(=O)(=O)[O-])[nH]1.[Cu+2]. The predicted octanol–water partition coefficient (Wildman–Crippen LogP) is 2.96. The van der Waals surface area contributed by atoms with E-state index < -0.39 is 134 Å². The van der Waals surface area contributed by atoms with Crippen molar-refractivity contribution in [1.29, 1.82) is 0 Å². The molecule has 387 valence electrons. The third-order valence-corrected chi connectivity index (χ3v) is 14.3. The summed E-state index contributed by atoms with van der Waals surface area (Å²) in [6.07, 6.45) is 0. The van der Waals surface area contributed by atoms with Crippen molar-refractivity contribution in [3.8, 4) is 23.0 Å². The molecule has 1 N–H and O–H groups in total. The largest absolute Gasteiger partial charge is 2.00 e. The monoisotopic (exact) mass is 1160 g/mol. The van der Waals surface area contributed by atoms with Gasteiger partial charge < -0.3 is 42.8 Å². The van der Waals surface area contributed by atoms with Gasteiger partial charge in [-0.1, -0.05) is 29.7 Å². The standard InChI is InChI=1S/C37H34ClN9O19S5.Cu/c1-4-47(19-6-5-7-20(14-19)67(50,51)13-12-66-71(61,62)63)37-41-35(38)40-36(42-37)39-24-10-9-22-23(34(24)70(58,59)60)16-31(69(55,56)57)32(33(22)49)46-44-26-18-30(65-3)29(64-2)17-25(26)43-45-27-15-21(68(52,53)54)8-11-28(27)48;/h5-11,14-18,48-49H,4,12-13H2,1-3H3,(H,52,53,54)(H,55,56,57)(H,58,59,60)(H,61,62,63)(H,39,40,41,42);/q;+2/p-6. The number of aromatic amines is 1. The van der Waals surface area contributed by atoms with Gasteiger partial charge in [0.15, 0.2) is 21.3 Å². The van der Waals surface area contributed by atoms with Crippen LogP contribution in [0.5, 0.6) is 23.0 Å². The Morgan fingerprint density at radius 2 is 1.31 bits per heavy atom. The van der Waals surface area contributed by atoms with E-state index in [1.165, 1.54) is 31.3 Å². The van der Waals surface area contributed by atoms with Gasteiger partial charge in [-0.25, -0.2) is 47.1 Å². The zero-order valence-electron chi connectivity index (χ0n) is 36.1. The molecule has 28 nitrogen and oxygen atoms in total. The topological polar surface area (TPSA) is 443 Å². The second-order valence-electron chi connectivity index (χ2n) is 13.8. The number of benzene rings is 5. The van der Waals surface area contributed by atoms with E-state index in [1.807, 2.05) is 0 Å². The number of fused-ring (bicyclic) bond motifs is 1. The Morgan fingerprint density at radius 1 is 0.681 bits per heavy atom. The summed E-state index contributed by atoms with van der Waals surface area (Å²) in [5, 5.41) is 39.3. The van der Waals surface area contributed by atoms with Crippen LogP contribution in [0.2, 0.25) is 5.28 Å². The number of halogens is 1. The van der Waals surface area contributed by atoms with Gasteiger partial charge in [0, 0.05) is 29.8 Å². The normalized spacial score (nSPS) is 12.9. The van der Waals surface area contributed by atoms with Crippen molar-refractivity contribution in [2.45, 2.75) is 26.5 Å². The van der Waals surface area contributed by atoms with Crippen LogP contribution in [0.4, 0.5) is 40.1 Å². The van der Waals surface area contributed by atoms with E-state index in [4.69, 9.17) is 21.1 Å². The van der Waals surface area contributed by atoms with Crippen LogP contribution in [-0.2, 0) is 71.8 Å². The maximum Gasteiger partial charge on any atom is 2.00 e. The molecule has 1 aromatic heterocycles. The van der Waals surface area contributed by atoms with Crippen molar-refractivity contribution in [3.63, 3.8) is 0 Å². The molecule has 0 spiro atoms. The predicted molar refractivity (Wildman–Crippen MR) is 235 cm³/mol. The summed E-state index contributed by atoms with van der Waals surface area (Å²) in [7, 11) is -23.7. The van der Waals surface area contributed by atoms with Gasteiger partial charge in [-0.3, -0.25) is 9.17 Å². The number of anilines is 2. The Labute approximate surface area is 423 Å². The number of nitrogens with one attached hydrogen (secondary N) is 1. The molecule has 0 fully saturated rings. The Hall–Kier alpha value is -6.27. The Balaban J connectivity index is 0.00000963. The van der Waals surface area contributed by atoms with E-state index in [0.29, 0.717) is 12.1 Å². The van der Waals surface area contributed by atoms with Gasteiger partial charge in [-0.15, -0.1) is 15.3 Å². The number of rotatable bonds is 18. The molecule has 0 saturated carbocycles. The van der Waals surface area contributed by atoms with Gasteiger partial charge in [0.1, 0.15) is 41.7 Å². The number of H-pyrrole nitrogens is 1. The first-order valence-electron chi connectivity index (χ1n) is 19.0. The third-order valence-electron chi connectivity index (χ3n) is 9.37. The quantitative estimate of drug-likeness (QED) is 0.0559. The van der Waals surface area contributed by atoms with Crippen LogP contribution in [0.3, 0.4) is 0 Å². The zero-order chi connectivity index (χ0) is 52.4. The number of sulfone groups is 1. The fourth-order valence-electron chi connectivity index (χ4n) is 6.28. The van der Waals surface area contributed by atoms with E-state index in [-0.39, 0.29) is 57.3 Å². The van der Waals surface area contributed by atoms with Gasteiger partial charge in [0.05, 0.1) is 63.2 Å². The Morgan fingerprint density at radius 3 is 1.88 bits per heavy atom. The third kappa shape index (κ3) is 13.2. The number of hydrogen-bond acceptors (Lipinski definition) is 27. The molecule has 35 heteroatoms. The van der Waals surface area contributed by atoms with E-state index in [1.54, 1.807) is 6.92 Å². The molecule has 5 aromatic carbocycles. The molecule has 0 aliphatic rings. The Bertz CT molecular complexity index is 3850. The smallest absolute Gasteiger partial charge is 0.871 e. The molecule has 6 rings (SSSR count). The number of aromatic nitrogens is 3. The summed E-state index contributed by atoms with van der Waals surface area (Å²) in [6, 6.07) is 11.4. The van der Waals surface area contributed by atoms with Crippen LogP contribution in [-0.4, -0.2) is 108 Å². The number of ether oxygens (including phenoxy) is 2. The molecule has 0 unspecified atom stereocenters. The van der Waals surface area contributed by atoms with Gasteiger partial charge >= 0.3 is 17.1 Å². The fourth-order valence-corrected chi connectivity index (χ4v) is 9.89. The average Bonchev–Trinajstić information content (AvgIpc) is 3.26. The number of azo groups is 2. The molecule has 0 amide bonds. The van der Waals surface area contributed by atoms with Gasteiger partial charge in [0.2, 0.25) is 27.2 Å². The molecule has 0 aliphatic carbocycles. The zero-order valence-corrected chi connectivity index (χ0v) is 41.9. The first kappa shape index (κ1) is 56.6. The number of methoxy groups -OCH3 is 2. The van der Waals surface area contributed by atoms with Crippen molar-refractivity contribution >= 4 is 113 Å². The fraction of sp³-hybridized carbons (Fsp3) is 0.162. The summed E-state index contributed by atoms with van der Waals surface area (Å²) < 4.78 is 185. The van der Waals surface area contributed by atoms with Crippen LogP contribution >= 0.6 is 11.6 Å². The van der Waals surface area contributed by atoms with E-state index in [2.05, 4.69) is 44.6 Å². The molecule has 6 aromatic rings. The van der Waals surface area contributed by atoms with Crippen molar-refractivity contribution in [3.05, 3.63) is 83.7 Å². The van der Waals surface area contributed by atoms with E-state index in [0.717, 1.165) is 48.5 Å². The van der Waals surface area contributed by atoms with Gasteiger partial charge in [0.25, 0.3) is 0 Å². The summed E-state index contributed by atoms with van der Waals surface area (Å²) in [5.41, 5.74) is -3.91. The van der Waals surface area contributed by atoms with Crippen LogP contribution in [0.15, 0.2) is 118 Å². The van der Waals surface area contributed by atoms with Crippen molar-refractivity contribution in [2.75, 3.05) is 38.0 Å². The first-order chi connectivity index (χ1) is 33.0. The van der Waals surface area contributed by atoms with Crippen molar-refractivity contribution < 1.29 is 101 Å². The molecule has 0 bridgehead atoms. The molecule has 1 radical (unpaired) electrons. The van der Waals surface area contributed by atoms with Crippen LogP contribution in [0.1, 0.15) is 6.92 Å². The molecule has 72 heavy (non-hydrogen) atoms. The van der Waals surface area contributed by atoms with Crippen LogP contribution < -0.4 is 30.2 Å². The summed E-state index contributed by atoms with van der Waals surface area (Å²) >= 11 is 6.20. The van der Waals surface area contributed by atoms with E-state index in [9.17, 15) is 70.5 Å². The maximum atomic E-state index is 14.0. The molecular weight excluding hydrogens is 1130 g/mol. The molecule has 0 aliphatic heterocycles. The summed E-state index contributed by atoms with van der Waals surface area (Å²) in [4.78, 5) is 12.0. The second-order valence-corrected chi connectivity index (χ2v) is 21.4. The van der Waals surface area contributed by atoms with Gasteiger partial charge in [-0.2, -0.15) is 15.1 Å². The Kier molecular flexibility index (Phi) is 17.2. The molecule has 1 heterocycles. The maximum absolute atomic E-state index is 14.0. The molecular formula is C37H28ClCuN9O19S5-4. The van der Waals surface area contributed by atoms with Crippen molar-refractivity contribution in [2.24, 2.45) is 25.4 Å². The van der Waals surface area contributed by atoms with Crippen LogP contribution in [0.25, 0.3) is 10.8 Å². The minimum absolute atomic E-state index is 0. The number of hydrogen-bond donors (Lipinski definition) is 1. The van der Waals surface area contributed by atoms with Crippen LogP contribution in [0, 0.1) is 0 Å². The minimum atomic E-state index is -5.82. The van der Waals surface area contributed by atoms with Gasteiger partial charge in [-0.05, 0) is 66.4 Å². The first-order valence-corrected chi connectivity index (χ1v) is 26.6. The molecule has 0 saturated heterocycles. The summed E-state index contributed by atoms with van der Waals surface area (Å²) in [5.74, 6) is -3.60. The number of nitrogens with zero attached hydrogens (tertiary/aromatic N) is 8. The minimum Gasteiger partial charge on any atom is -0.871 e. The molecule has 0 atom stereocenters.